The fourth-order valence-corrected chi connectivity index (χ4v) is 3.44. The Bertz CT molecular complexity index is 569. The van der Waals surface area contributed by atoms with E-state index in [4.69, 9.17) is 0 Å². The molecule has 1 aromatic heterocycles. The molecule has 1 aromatic carbocycles. The SMILES string of the molecule is CCc1nsc(Sc2cccc(F)c2CNC(C)C)n1. The summed E-state index contributed by atoms with van der Waals surface area (Å²) in [5, 5.41) is 3.26. The lowest BCUT2D eigenvalue weighted by atomic mass is 10.2. The molecule has 2 rings (SSSR count). The van der Waals surface area contributed by atoms with Crippen LogP contribution in [0.2, 0.25) is 0 Å². The van der Waals surface area contributed by atoms with E-state index < -0.39 is 0 Å². The molecule has 0 saturated carbocycles. The largest absolute Gasteiger partial charge is 0.310 e. The van der Waals surface area contributed by atoms with Crippen molar-refractivity contribution in [2.75, 3.05) is 0 Å². The molecular weight excluding hydrogens is 293 g/mol. The average molecular weight is 311 g/mol. The van der Waals surface area contributed by atoms with Crippen molar-refractivity contribution < 1.29 is 4.39 Å². The first-order valence-corrected chi connectivity index (χ1v) is 8.20. The number of rotatable bonds is 6. The fourth-order valence-electron chi connectivity index (χ4n) is 1.63. The summed E-state index contributed by atoms with van der Waals surface area (Å²) in [6.45, 7) is 6.64. The van der Waals surface area contributed by atoms with E-state index in [1.165, 1.54) is 29.4 Å². The fraction of sp³-hybridized carbons (Fsp3) is 0.429. The van der Waals surface area contributed by atoms with Crippen molar-refractivity contribution >= 4 is 23.3 Å². The molecular formula is C14H18FN3S2. The van der Waals surface area contributed by atoms with Gasteiger partial charge in [-0.25, -0.2) is 9.37 Å². The van der Waals surface area contributed by atoms with Crippen molar-refractivity contribution in [1.29, 1.82) is 0 Å². The van der Waals surface area contributed by atoms with Crippen LogP contribution in [-0.4, -0.2) is 15.4 Å². The molecule has 0 aliphatic heterocycles. The molecule has 0 unspecified atom stereocenters. The summed E-state index contributed by atoms with van der Waals surface area (Å²) in [5.74, 6) is 0.666. The first-order valence-electron chi connectivity index (χ1n) is 6.61. The summed E-state index contributed by atoms with van der Waals surface area (Å²) < 4.78 is 19.1. The number of nitrogens with one attached hydrogen (secondary N) is 1. The minimum Gasteiger partial charge on any atom is -0.310 e. The molecule has 0 aliphatic rings. The smallest absolute Gasteiger partial charge is 0.174 e. The Hall–Kier alpha value is -0.980. The van der Waals surface area contributed by atoms with Crippen LogP contribution in [-0.2, 0) is 13.0 Å². The van der Waals surface area contributed by atoms with Gasteiger partial charge in [0.25, 0.3) is 0 Å². The van der Waals surface area contributed by atoms with Crippen molar-refractivity contribution in [3.05, 3.63) is 35.4 Å². The number of aryl methyl sites for hydroxylation is 1. The first-order chi connectivity index (χ1) is 9.60. The highest BCUT2D eigenvalue weighted by Gasteiger charge is 2.12. The Morgan fingerprint density at radius 3 is 2.85 bits per heavy atom. The van der Waals surface area contributed by atoms with Gasteiger partial charge in [-0.2, -0.15) is 4.37 Å². The molecule has 1 N–H and O–H groups in total. The summed E-state index contributed by atoms with van der Waals surface area (Å²) in [7, 11) is 0. The molecule has 0 amide bonds. The van der Waals surface area contributed by atoms with Crippen LogP contribution in [0.25, 0.3) is 0 Å². The third-order valence-corrected chi connectivity index (χ3v) is 4.62. The quantitative estimate of drug-likeness (QED) is 0.878. The molecule has 0 fully saturated rings. The zero-order chi connectivity index (χ0) is 14.5. The highest BCUT2D eigenvalue weighted by Crippen LogP contribution is 2.32. The van der Waals surface area contributed by atoms with Crippen molar-refractivity contribution in [1.82, 2.24) is 14.7 Å². The van der Waals surface area contributed by atoms with E-state index in [-0.39, 0.29) is 5.82 Å². The Labute approximate surface area is 127 Å². The van der Waals surface area contributed by atoms with Gasteiger partial charge in [0.05, 0.1) is 0 Å². The average Bonchev–Trinajstić information content (AvgIpc) is 2.85. The maximum Gasteiger partial charge on any atom is 0.174 e. The highest BCUT2D eigenvalue weighted by atomic mass is 32.2. The molecule has 6 heteroatoms. The molecule has 0 bridgehead atoms. The molecule has 108 valence electrons. The third kappa shape index (κ3) is 4.01. The Morgan fingerprint density at radius 1 is 1.40 bits per heavy atom. The van der Waals surface area contributed by atoms with Crippen LogP contribution in [0.4, 0.5) is 4.39 Å². The van der Waals surface area contributed by atoms with E-state index >= 15 is 0 Å². The lowest BCUT2D eigenvalue weighted by Crippen LogP contribution is -2.22. The predicted molar refractivity (Wildman–Crippen MR) is 81.8 cm³/mol. The highest BCUT2D eigenvalue weighted by molar-refractivity contribution is 8.01. The van der Waals surface area contributed by atoms with Gasteiger partial charge in [-0.1, -0.05) is 38.6 Å². The number of benzene rings is 1. The zero-order valence-corrected chi connectivity index (χ0v) is 13.4. The topological polar surface area (TPSA) is 37.8 Å². The second kappa shape index (κ2) is 7.15. The molecule has 0 spiro atoms. The summed E-state index contributed by atoms with van der Waals surface area (Å²) in [6, 6.07) is 5.48. The van der Waals surface area contributed by atoms with Gasteiger partial charge in [0.2, 0.25) is 0 Å². The Morgan fingerprint density at radius 2 is 2.20 bits per heavy atom. The second-order valence-electron chi connectivity index (χ2n) is 4.68. The van der Waals surface area contributed by atoms with Crippen LogP contribution in [0, 0.1) is 5.82 Å². The minimum atomic E-state index is -0.177. The first kappa shape index (κ1) is 15.4. The number of aromatic nitrogens is 2. The molecule has 0 saturated heterocycles. The molecule has 3 nitrogen and oxygen atoms in total. The summed E-state index contributed by atoms with van der Waals surface area (Å²) in [6.07, 6.45) is 0.821. The van der Waals surface area contributed by atoms with Gasteiger partial charge in [-0.05, 0) is 23.7 Å². The van der Waals surface area contributed by atoms with Crippen LogP contribution >= 0.6 is 23.3 Å². The number of hydrogen-bond acceptors (Lipinski definition) is 5. The number of hydrogen-bond donors (Lipinski definition) is 1. The Balaban J connectivity index is 2.19. The second-order valence-corrected chi connectivity index (χ2v) is 6.73. The van der Waals surface area contributed by atoms with Gasteiger partial charge >= 0.3 is 0 Å². The van der Waals surface area contributed by atoms with Crippen LogP contribution in [0.5, 0.6) is 0 Å². The van der Waals surface area contributed by atoms with E-state index in [9.17, 15) is 4.39 Å². The standard InChI is InChI=1S/C14H18FN3S2/c1-4-13-17-14(20-18-13)19-12-7-5-6-11(15)10(12)8-16-9(2)3/h5-7,9,16H,4,8H2,1-3H3. The van der Waals surface area contributed by atoms with Gasteiger partial charge in [0.1, 0.15) is 11.6 Å². The van der Waals surface area contributed by atoms with E-state index in [1.807, 2.05) is 26.8 Å². The van der Waals surface area contributed by atoms with Crippen molar-refractivity contribution in [3.63, 3.8) is 0 Å². The summed E-state index contributed by atoms with van der Waals surface area (Å²) in [5.41, 5.74) is 0.694. The molecule has 0 aliphatic carbocycles. The van der Waals surface area contributed by atoms with Crippen LogP contribution in [0.15, 0.2) is 27.4 Å². The summed E-state index contributed by atoms with van der Waals surface area (Å²) >= 11 is 2.85. The number of nitrogens with zero attached hydrogens (tertiary/aromatic N) is 2. The number of halogens is 1. The Kier molecular flexibility index (Phi) is 5.51. The van der Waals surface area contributed by atoms with E-state index in [1.54, 1.807) is 6.07 Å². The lowest BCUT2D eigenvalue weighted by Gasteiger charge is -2.12. The predicted octanol–water partition coefficient (Wildman–Crippen LogP) is 3.89. The van der Waals surface area contributed by atoms with Crippen molar-refractivity contribution in [2.45, 2.75) is 49.0 Å². The normalized spacial score (nSPS) is 11.2. The molecule has 0 radical (unpaired) electrons. The maximum absolute atomic E-state index is 14.0. The van der Waals surface area contributed by atoms with Crippen molar-refractivity contribution in [2.24, 2.45) is 0 Å². The van der Waals surface area contributed by atoms with Crippen LogP contribution in [0.1, 0.15) is 32.2 Å². The molecule has 2 aromatic rings. The van der Waals surface area contributed by atoms with Gasteiger partial charge in [-0.3, -0.25) is 0 Å². The monoisotopic (exact) mass is 311 g/mol. The van der Waals surface area contributed by atoms with Crippen LogP contribution in [0.3, 0.4) is 0 Å². The maximum atomic E-state index is 14.0. The van der Waals surface area contributed by atoms with Gasteiger partial charge in [-0.15, -0.1) is 0 Å². The summed E-state index contributed by atoms with van der Waals surface area (Å²) in [4.78, 5) is 5.32. The lowest BCUT2D eigenvalue weighted by molar-refractivity contribution is 0.546. The molecule has 0 atom stereocenters. The molecule has 1 heterocycles. The van der Waals surface area contributed by atoms with E-state index in [0.29, 0.717) is 18.2 Å². The van der Waals surface area contributed by atoms with Crippen molar-refractivity contribution in [3.8, 4) is 0 Å². The molecule has 20 heavy (non-hydrogen) atoms. The van der Waals surface area contributed by atoms with E-state index in [0.717, 1.165) is 21.5 Å². The van der Waals surface area contributed by atoms with Crippen LogP contribution < -0.4 is 5.32 Å². The zero-order valence-electron chi connectivity index (χ0n) is 11.8. The van der Waals surface area contributed by atoms with E-state index in [2.05, 4.69) is 14.7 Å². The minimum absolute atomic E-state index is 0.177. The van der Waals surface area contributed by atoms with Gasteiger partial charge in [0, 0.05) is 29.5 Å². The third-order valence-electron chi connectivity index (χ3n) is 2.73. The van der Waals surface area contributed by atoms with Gasteiger partial charge in [0.15, 0.2) is 4.34 Å². The van der Waals surface area contributed by atoms with Gasteiger partial charge < -0.3 is 5.32 Å².